The Bertz CT molecular complexity index is 1960. The normalized spacial score (nSPS) is 12.3. The maximum Gasteiger partial charge on any atom is 0.430 e. The molecule has 0 amide bonds. The number of thioether (sulfide) groups is 1. The van der Waals surface area contributed by atoms with Crippen LogP contribution in [0.5, 0.6) is 5.75 Å². The third kappa shape index (κ3) is 11.4. The number of benzene rings is 3. The standard InChI is InChI=1S/C32H37ClF3N4O3S2.C2HF3O2/c1-32(2,21-10-13-25(33)28(16-21)43-6)30-29(20-8-11-22(34)12-9-20)38-31(39-30)44-19-24-26(35)17-23(18-27(24)36)45(41,42)37-14-7-15-40(3,4)5;3-2(4,5)1(6)7/h8-13,16-18,37H,7,14-15,19H2,1-6H3,(H,38,39);(H,6,7)/q+1;/p-1. The number of carbonyl (C=O) groups excluding carboxylic acids is 1. The molecule has 52 heavy (non-hydrogen) atoms. The topological polar surface area (TPSA) is 124 Å². The van der Waals surface area contributed by atoms with Gasteiger partial charge < -0.3 is 24.1 Å². The highest BCUT2D eigenvalue weighted by Crippen LogP contribution is 2.41. The molecule has 0 aliphatic heterocycles. The largest absolute Gasteiger partial charge is 0.542 e. The summed E-state index contributed by atoms with van der Waals surface area (Å²) in [5, 5.41) is 9.61. The molecule has 0 atom stereocenters. The molecule has 3 aromatic carbocycles. The Labute approximate surface area is 307 Å². The zero-order valence-electron chi connectivity index (χ0n) is 28.9. The number of carboxylic acids is 1. The van der Waals surface area contributed by atoms with Crippen molar-refractivity contribution in [1.29, 1.82) is 0 Å². The Kier molecular flexibility index (Phi) is 13.9. The van der Waals surface area contributed by atoms with Crippen molar-refractivity contribution < 1.29 is 53.9 Å². The van der Waals surface area contributed by atoms with Crippen molar-refractivity contribution in [3.05, 3.63) is 93.9 Å². The summed E-state index contributed by atoms with van der Waals surface area (Å²) in [7, 11) is 3.39. The number of rotatable bonds is 13. The van der Waals surface area contributed by atoms with Crippen LogP contribution in [0.3, 0.4) is 0 Å². The minimum absolute atomic E-state index is 0.148. The van der Waals surface area contributed by atoms with Gasteiger partial charge in [-0.25, -0.2) is 31.3 Å². The van der Waals surface area contributed by atoms with Gasteiger partial charge in [0.05, 0.1) is 56.1 Å². The molecule has 0 saturated heterocycles. The second kappa shape index (κ2) is 16.9. The zero-order chi connectivity index (χ0) is 39.2. The number of quaternary nitrogens is 1. The second-order valence-corrected chi connectivity index (χ2v) is 16.1. The lowest BCUT2D eigenvalue weighted by Gasteiger charge is -2.26. The molecule has 0 saturated carbocycles. The van der Waals surface area contributed by atoms with E-state index < -0.39 is 49.9 Å². The summed E-state index contributed by atoms with van der Waals surface area (Å²) in [5.41, 5.74) is 1.75. The number of ether oxygens (including phenoxy) is 1. The van der Waals surface area contributed by atoms with Gasteiger partial charge in [0, 0.05) is 35.3 Å². The number of carbonyl (C=O) groups is 1. The Morgan fingerprint density at radius 2 is 1.60 bits per heavy atom. The van der Waals surface area contributed by atoms with Crippen LogP contribution in [-0.4, -0.2) is 76.4 Å². The predicted molar refractivity (Wildman–Crippen MR) is 184 cm³/mol. The van der Waals surface area contributed by atoms with Gasteiger partial charge in [0.15, 0.2) is 5.16 Å². The number of halogens is 7. The van der Waals surface area contributed by atoms with E-state index in [0.717, 1.165) is 36.0 Å². The molecule has 0 spiro atoms. The average Bonchev–Trinajstić information content (AvgIpc) is 3.48. The molecular weight excluding hydrogens is 758 g/mol. The van der Waals surface area contributed by atoms with E-state index in [1.165, 1.54) is 19.2 Å². The van der Waals surface area contributed by atoms with Crippen LogP contribution in [0.15, 0.2) is 64.6 Å². The number of sulfonamides is 1. The average molecular weight is 795 g/mol. The van der Waals surface area contributed by atoms with Crippen molar-refractivity contribution in [2.24, 2.45) is 0 Å². The van der Waals surface area contributed by atoms with Gasteiger partial charge in [0.1, 0.15) is 29.2 Å². The predicted octanol–water partition coefficient (Wildman–Crippen LogP) is 6.45. The van der Waals surface area contributed by atoms with Crippen molar-refractivity contribution in [3.8, 4) is 17.0 Å². The van der Waals surface area contributed by atoms with Gasteiger partial charge in [-0.05, 0) is 54.1 Å². The maximum absolute atomic E-state index is 15.2. The van der Waals surface area contributed by atoms with Crippen LogP contribution >= 0.6 is 23.4 Å². The number of carboxylic acid groups (broad SMARTS) is 1. The number of nitrogens with zero attached hydrogens (tertiary/aromatic N) is 2. The lowest BCUT2D eigenvalue weighted by atomic mass is 9.79. The summed E-state index contributed by atoms with van der Waals surface area (Å²) in [4.78, 5) is 16.3. The number of H-pyrrole nitrogens is 1. The maximum atomic E-state index is 15.2. The van der Waals surface area contributed by atoms with Crippen molar-refractivity contribution in [2.75, 3.05) is 41.3 Å². The smallest absolute Gasteiger partial charge is 0.430 e. The SMILES string of the molecule is COc1cc(C(C)(C)c2[nH]c(SCc3c(F)cc(S(=O)(=O)NCCC[N+](C)(C)C)cc3F)nc2-c2ccc(F)cc2)ccc1Cl.O=C([O-])C(F)(F)F. The molecule has 4 rings (SSSR count). The molecule has 0 unspecified atom stereocenters. The van der Waals surface area contributed by atoms with Crippen molar-refractivity contribution in [1.82, 2.24) is 14.7 Å². The van der Waals surface area contributed by atoms with Crippen molar-refractivity contribution >= 4 is 39.4 Å². The first-order valence-corrected chi connectivity index (χ1v) is 18.2. The van der Waals surface area contributed by atoms with Crippen LogP contribution in [0.4, 0.5) is 26.3 Å². The quantitative estimate of drug-likeness (QED) is 0.0691. The van der Waals surface area contributed by atoms with Gasteiger partial charge in [-0.2, -0.15) is 13.2 Å². The highest BCUT2D eigenvalue weighted by atomic mass is 35.5. The molecule has 9 nitrogen and oxygen atoms in total. The van der Waals surface area contributed by atoms with Crippen LogP contribution in [0, 0.1) is 17.5 Å². The Balaban J connectivity index is 0.000000944. The molecule has 1 heterocycles. The summed E-state index contributed by atoms with van der Waals surface area (Å²) in [6, 6.07) is 13.0. The van der Waals surface area contributed by atoms with E-state index in [9.17, 15) is 26.0 Å². The van der Waals surface area contributed by atoms with Gasteiger partial charge >= 0.3 is 6.18 Å². The highest BCUT2D eigenvalue weighted by molar-refractivity contribution is 7.98. The number of hydrogen-bond donors (Lipinski definition) is 2. The number of alkyl halides is 3. The summed E-state index contributed by atoms with van der Waals surface area (Å²) >= 11 is 7.31. The van der Waals surface area contributed by atoms with E-state index in [-0.39, 0.29) is 17.9 Å². The summed E-state index contributed by atoms with van der Waals surface area (Å²) < 4.78 is 110. The first-order chi connectivity index (χ1) is 24.0. The summed E-state index contributed by atoms with van der Waals surface area (Å²) in [5.74, 6) is -5.03. The molecule has 0 bridgehead atoms. The summed E-state index contributed by atoms with van der Waals surface area (Å²) in [6.45, 7) is 4.82. The van der Waals surface area contributed by atoms with Gasteiger partial charge in [0.2, 0.25) is 10.0 Å². The number of aromatic amines is 1. The van der Waals surface area contributed by atoms with Crippen LogP contribution < -0.4 is 14.6 Å². The third-order valence-electron chi connectivity index (χ3n) is 7.60. The van der Waals surface area contributed by atoms with Crippen LogP contribution in [-0.2, 0) is 26.0 Å². The van der Waals surface area contributed by atoms with Crippen LogP contribution in [0.1, 0.15) is 37.1 Å². The van der Waals surface area contributed by atoms with Gasteiger partial charge in [0.25, 0.3) is 0 Å². The third-order valence-corrected chi connectivity index (χ3v) is 10.3. The number of imidazole rings is 1. The molecule has 2 N–H and O–H groups in total. The molecular formula is C34H37ClF6N4O5S2. The van der Waals surface area contributed by atoms with Gasteiger partial charge in [-0.15, -0.1) is 0 Å². The molecule has 0 fully saturated rings. The van der Waals surface area contributed by atoms with Crippen LogP contribution in [0.2, 0.25) is 5.02 Å². The lowest BCUT2D eigenvalue weighted by Crippen LogP contribution is -2.37. The highest BCUT2D eigenvalue weighted by Gasteiger charge is 2.31. The van der Waals surface area contributed by atoms with E-state index in [0.29, 0.717) is 43.8 Å². The first-order valence-electron chi connectivity index (χ1n) is 15.4. The van der Waals surface area contributed by atoms with Crippen molar-refractivity contribution in [3.63, 3.8) is 0 Å². The zero-order valence-corrected chi connectivity index (χ0v) is 31.3. The minimum atomic E-state index is -5.19. The Hall–Kier alpha value is -3.77. The molecule has 18 heteroatoms. The first kappa shape index (κ1) is 42.6. The van der Waals surface area contributed by atoms with E-state index >= 15 is 8.78 Å². The lowest BCUT2D eigenvalue weighted by molar-refractivity contribution is -0.870. The fraction of sp³-hybridized carbons (Fsp3) is 0.353. The molecule has 284 valence electrons. The Morgan fingerprint density at radius 1 is 1.02 bits per heavy atom. The number of methoxy groups -OCH3 is 1. The number of aromatic nitrogens is 2. The number of aliphatic carboxylic acids is 1. The van der Waals surface area contributed by atoms with E-state index in [1.807, 2.05) is 47.1 Å². The molecule has 4 aromatic rings. The number of hydrogen-bond acceptors (Lipinski definition) is 7. The molecule has 0 aliphatic rings. The van der Waals surface area contributed by atoms with Crippen molar-refractivity contribution in [2.45, 2.75) is 47.7 Å². The molecule has 0 aliphatic carbocycles. The monoisotopic (exact) mass is 794 g/mol. The minimum Gasteiger partial charge on any atom is -0.542 e. The van der Waals surface area contributed by atoms with E-state index in [4.69, 9.17) is 31.2 Å². The second-order valence-electron chi connectivity index (χ2n) is 13.0. The fourth-order valence-corrected chi connectivity index (χ4v) is 6.92. The summed E-state index contributed by atoms with van der Waals surface area (Å²) in [6.07, 6.45) is -4.63. The van der Waals surface area contributed by atoms with Crippen LogP contribution in [0.25, 0.3) is 11.3 Å². The molecule has 1 aromatic heterocycles. The van der Waals surface area contributed by atoms with Gasteiger partial charge in [-0.1, -0.05) is 43.3 Å². The molecule has 0 radical (unpaired) electrons. The Morgan fingerprint density at radius 3 is 2.12 bits per heavy atom. The fourth-order valence-electron chi connectivity index (χ4n) is 4.74. The number of nitrogens with one attached hydrogen (secondary N) is 2. The van der Waals surface area contributed by atoms with E-state index in [1.54, 1.807) is 18.2 Å². The van der Waals surface area contributed by atoms with Gasteiger partial charge in [-0.3, -0.25) is 0 Å². The van der Waals surface area contributed by atoms with E-state index in [2.05, 4.69) is 9.71 Å².